The summed E-state index contributed by atoms with van der Waals surface area (Å²) in [6.07, 6.45) is 2.41. The number of hydrogen-bond donors (Lipinski definition) is 1. The number of thiophene rings is 1. The molecule has 1 fully saturated rings. The number of nitrogens with zero attached hydrogens (tertiary/aromatic N) is 1. The summed E-state index contributed by atoms with van der Waals surface area (Å²) in [5.74, 6) is 0. The lowest BCUT2D eigenvalue weighted by molar-refractivity contribution is 0.322. The van der Waals surface area contributed by atoms with Gasteiger partial charge >= 0.3 is 0 Å². The molecule has 1 N–H and O–H groups in total. The van der Waals surface area contributed by atoms with E-state index in [2.05, 4.69) is 21.7 Å². The number of hydrogen-bond acceptors (Lipinski definition) is 3. The van der Waals surface area contributed by atoms with Crippen LogP contribution in [-0.4, -0.2) is 21.0 Å². The van der Waals surface area contributed by atoms with Crippen LogP contribution in [0, 0.1) is 0 Å². The second-order valence-corrected chi connectivity index (χ2v) is 5.69. The maximum atomic E-state index is 5.39. The average Bonchev–Trinajstić information content (AvgIpc) is 2.76. The Morgan fingerprint density at radius 2 is 2.33 bits per heavy atom. The molecular formula is C10H10N2S3. The lowest BCUT2D eigenvalue weighted by Crippen LogP contribution is -2.42. The Kier molecular flexibility index (Phi) is 2.26. The summed E-state index contributed by atoms with van der Waals surface area (Å²) < 4.78 is 0. The van der Waals surface area contributed by atoms with E-state index in [4.69, 9.17) is 24.4 Å². The molecule has 1 aromatic heterocycles. The molecule has 1 unspecified atom stereocenters. The third-order valence-corrected chi connectivity index (χ3v) is 4.61. The van der Waals surface area contributed by atoms with Gasteiger partial charge in [-0.2, -0.15) is 0 Å². The van der Waals surface area contributed by atoms with Crippen LogP contribution >= 0.6 is 35.8 Å². The summed E-state index contributed by atoms with van der Waals surface area (Å²) in [6.45, 7) is 0.920. The van der Waals surface area contributed by atoms with Crippen LogP contribution in [0.2, 0.25) is 0 Å². The molecule has 15 heavy (non-hydrogen) atoms. The minimum atomic E-state index is 0.324. The first-order chi connectivity index (χ1) is 7.25. The van der Waals surface area contributed by atoms with Crippen LogP contribution in [0.3, 0.4) is 0 Å². The van der Waals surface area contributed by atoms with E-state index in [0.717, 1.165) is 29.4 Å². The van der Waals surface area contributed by atoms with Crippen molar-refractivity contribution in [3.63, 3.8) is 0 Å². The Labute approximate surface area is 103 Å². The van der Waals surface area contributed by atoms with Crippen LogP contribution in [0.15, 0.2) is 11.4 Å². The minimum absolute atomic E-state index is 0.324. The Morgan fingerprint density at radius 1 is 1.47 bits per heavy atom. The van der Waals surface area contributed by atoms with Gasteiger partial charge in [0.15, 0.2) is 0 Å². The fraction of sp³-hybridized carbons (Fsp3) is 0.400. The van der Waals surface area contributed by atoms with Gasteiger partial charge in [0.1, 0.15) is 11.2 Å². The second-order valence-electron chi connectivity index (χ2n) is 3.81. The summed E-state index contributed by atoms with van der Waals surface area (Å²) >= 11 is 12.5. The zero-order valence-corrected chi connectivity index (χ0v) is 10.5. The molecule has 1 atom stereocenters. The Balaban J connectivity index is 2.02. The van der Waals surface area contributed by atoms with Gasteiger partial charge in [-0.15, -0.1) is 11.3 Å². The van der Waals surface area contributed by atoms with Gasteiger partial charge < -0.3 is 10.2 Å². The predicted molar refractivity (Wildman–Crippen MR) is 70.3 cm³/mol. The molecule has 0 aromatic carbocycles. The Morgan fingerprint density at radius 3 is 3.20 bits per heavy atom. The maximum absolute atomic E-state index is 5.39. The summed E-state index contributed by atoms with van der Waals surface area (Å²) in [6, 6.07) is 2.10. The van der Waals surface area contributed by atoms with E-state index in [1.807, 2.05) is 0 Å². The highest BCUT2D eigenvalue weighted by molar-refractivity contribution is 7.80. The third kappa shape index (κ3) is 1.49. The van der Waals surface area contributed by atoms with Crippen molar-refractivity contribution in [1.29, 1.82) is 0 Å². The number of rotatable bonds is 0. The fourth-order valence-corrected chi connectivity index (χ4v) is 3.71. The Hall–Kier alpha value is -0.520. The summed E-state index contributed by atoms with van der Waals surface area (Å²) in [5.41, 5.74) is 1.19. The Bertz CT molecular complexity index is 438. The van der Waals surface area contributed by atoms with Crippen molar-refractivity contribution in [1.82, 2.24) is 10.2 Å². The molecule has 5 heteroatoms. The van der Waals surface area contributed by atoms with Gasteiger partial charge in [0.2, 0.25) is 0 Å². The SMILES string of the molecule is S=C1NC2CCC(=S)N2Cc2sccc21. The zero-order chi connectivity index (χ0) is 10.4. The first-order valence-electron chi connectivity index (χ1n) is 4.92. The first-order valence-corrected chi connectivity index (χ1v) is 6.62. The van der Waals surface area contributed by atoms with Crippen LogP contribution < -0.4 is 5.32 Å². The third-order valence-electron chi connectivity index (χ3n) is 2.93. The van der Waals surface area contributed by atoms with Crippen LogP contribution in [0.4, 0.5) is 0 Å². The molecule has 0 saturated carbocycles. The normalized spacial score (nSPS) is 24.5. The van der Waals surface area contributed by atoms with Crippen molar-refractivity contribution in [2.24, 2.45) is 0 Å². The summed E-state index contributed by atoms with van der Waals surface area (Å²) in [4.78, 5) is 5.54. The van der Waals surface area contributed by atoms with Gasteiger partial charge in [0, 0.05) is 16.9 Å². The molecular weight excluding hydrogens is 244 g/mol. The van der Waals surface area contributed by atoms with Crippen LogP contribution in [0.25, 0.3) is 0 Å². The van der Waals surface area contributed by atoms with E-state index in [9.17, 15) is 0 Å². The molecule has 2 nitrogen and oxygen atoms in total. The summed E-state index contributed by atoms with van der Waals surface area (Å²) in [7, 11) is 0. The van der Waals surface area contributed by atoms with Gasteiger partial charge in [0.25, 0.3) is 0 Å². The monoisotopic (exact) mass is 254 g/mol. The van der Waals surface area contributed by atoms with E-state index in [0.29, 0.717) is 6.17 Å². The van der Waals surface area contributed by atoms with Gasteiger partial charge in [-0.1, -0.05) is 24.4 Å². The van der Waals surface area contributed by atoms with E-state index < -0.39 is 0 Å². The van der Waals surface area contributed by atoms with E-state index in [-0.39, 0.29) is 0 Å². The van der Waals surface area contributed by atoms with Crippen molar-refractivity contribution in [3.05, 3.63) is 21.9 Å². The van der Waals surface area contributed by atoms with Crippen molar-refractivity contribution in [3.8, 4) is 0 Å². The molecule has 0 amide bonds. The van der Waals surface area contributed by atoms with Gasteiger partial charge in [-0.25, -0.2) is 0 Å². The highest BCUT2D eigenvalue weighted by Crippen LogP contribution is 2.28. The molecule has 78 valence electrons. The van der Waals surface area contributed by atoms with Gasteiger partial charge in [-0.3, -0.25) is 0 Å². The van der Waals surface area contributed by atoms with E-state index in [1.54, 1.807) is 11.3 Å². The minimum Gasteiger partial charge on any atom is -0.356 e. The zero-order valence-electron chi connectivity index (χ0n) is 8.03. The second kappa shape index (κ2) is 3.50. The molecule has 2 aliphatic heterocycles. The largest absolute Gasteiger partial charge is 0.356 e. The topological polar surface area (TPSA) is 15.3 Å². The van der Waals surface area contributed by atoms with Crippen LogP contribution in [0.1, 0.15) is 23.3 Å². The molecule has 0 radical (unpaired) electrons. The maximum Gasteiger partial charge on any atom is 0.109 e. The van der Waals surface area contributed by atoms with E-state index >= 15 is 0 Å². The molecule has 2 aliphatic rings. The first kappa shape index (κ1) is 9.69. The van der Waals surface area contributed by atoms with Gasteiger partial charge in [0.05, 0.1) is 11.5 Å². The molecule has 1 aromatic rings. The number of thiocarbonyl (C=S) groups is 2. The van der Waals surface area contributed by atoms with Crippen LogP contribution in [-0.2, 0) is 6.54 Å². The highest BCUT2D eigenvalue weighted by Gasteiger charge is 2.32. The van der Waals surface area contributed by atoms with Gasteiger partial charge in [-0.05, 0) is 17.9 Å². The molecule has 0 spiro atoms. The fourth-order valence-electron chi connectivity index (χ4n) is 2.13. The number of nitrogens with one attached hydrogen (secondary N) is 1. The molecule has 0 bridgehead atoms. The molecule has 1 saturated heterocycles. The molecule has 3 heterocycles. The smallest absolute Gasteiger partial charge is 0.109 e. The quantitative estimate of drug-likeness (QED) is 0.714. The highest BCUT2D eigenvalue weighted by atomic mass is 32.1. The van der Waals surface area contributed by atoms with Crippen molar-refractivity contribution in [2.45, 2.75) is 25.6 Å². The molecule has 0 aliphatic carbocycles. The van der Waals surface area contributed by atoms with Crippen LogP contribution in [0.5, 0.6) is 0 Å². The standard InChI is InChI=1S/C10H10N2S3/c13-9-2-1-8-11-10(14)6-3-4-15-7(6)5-12(8)9/h3-4,8H,1-2,5H2,(H,11,14). The van der Waals surface area contributed by atoms with Crippen molar-refractivity contribution in [2.75, 3.05) is 0 Å². The van der Waals surface area contributed by atoms with Crippen molar-refractivity contribution >= 4 is 45.7 Å². The predicted octanol–water partition coefficient (Wildman–Crippen LogP) is 2.28. The lowest BCUT2D eigenvalue weighted by Gasteiger charge is -2.24. The summed E-state index contributed by atoms with van der Waals surface area (Å²) in [5, 5.41) is 5.49. The van der Waals surface area contributed by atoms with E-state index in [1.165, 1.54) is 10.4 Å². The molecule has 3 rings (SSSR count). The average molecular weight is 254 g/mol. The number of fused-ring (bicyclic) bond motifs is 2. The van der Waals surface area contributed by atoms with Crippen molar-refractivity contribution < 1.29 is 0 Å². The lowest BCUT2D eigenvalue weighted by atomic mass is 10.2.